The second-order valence-corrected chi connectivity index (χ2v) is 5.26. The van der Waals surface area contributed by atoms with Crippen LogP contribution in [0.25, 0.3) is 0 Å². The van der Waals surface area contributed by atoms with Gasteiger partial charge in [0.05, 0.1) is 19.3 Å². The summed E-state index contributed by atoms with van der Waals surface area (Å²) in [6, 6.07) is 1.41. The van der Waals surface area contributed by atoms with Crippen LogP contribution >= 0.6 is 0 Å². The molecule has 2 fully saturated rings. The first-order valence-corrected chi connectivity index (χ1v) is 6.44. The van der Waals surface area contributed by atoms with Crippen molar-refractivity contribution in [1.29, 1.82) is 0 Å². The molecule has 16 heavy (non-hydrogen) atoms. The zero-order chi connectivity index (χ0) is 11.5. The van der Waals surface area contributed by atoms with Gasteiger partial charge in [0.1, 0.15) is 0 Å². The molecule has 1 heterocycles. The topological polar surface area (TPSA) is 58.7 Å². The van der Waals surface area contributed by atoms with Gasteiger partial charge >= 0.3 is 0 Å². The molecule has 0 amide bonds. The van der Waals surface area contributed by atoms with Crippen molar-refractivity contribution in [3.8, 4) is 0 Å². The Bertz CT molecular complexity index is 225. The number of ether oxygens (including phenoxy) is 1. The van der Waals surface area contributed by atoms with E-state index < -0.39 is 0 Å². The standard InChI is InChI=1S/C12H24N2O2/c1-9-8-16-12(7-15)6-14(9)11-4-2-3-10(13)5-11/h9-12,15H,2-8,13H2,1H3. The number of aliphatic hydroxyl groups excluding tert-OH is 1. The molecule has 0 radical (unpaired) electrons. The van der Waals surface area contributed by atoms with Gasteiger partial charge in [-0.15, -0.1) is 0 Å². The van der Waals surface area contributed by atoms with Gasteiger partial charge in [-0.1, -0.05) is 6.42 Å². The summed E-state index contributed by atoms with van der Waals surface area (Å²) in [5.74, 6) is 0. The molecule has 0 spiro atoms. The molecule has 0 aromatic heterocycles. The van der Waals surface area contributed by atoms with Crippen molar-refractivity contribution >= 4 is 0 Å². The van der Waals surface area contributed by atoms with E-state index in [1.807, 2.05) is 0 Å². The molecule has 3 N–H and O–H groups in total. The Hall–Kier alpha value is -0.160. The lowest BCUT2D eigenvalue weighted by Crippen LogP contribution is -2.55. The minimum atomic E-state index is -0.00523. The van der Waals surface area contributed by atoms with E-state index in [9.17, 15) is 0 Å². The summed E-state index contributed by atoms with van der Waals surface area (Å²) in [5.41, 5.74) is 6.04. The second-order valence-electron chi connectivity index (χ2n) is 5.26. The highest BCUT2D eigenvalue weighted by Gasteiger charge is 2.33. The fourth-order valence-corrected chi connectivity index (χ4v) is 2.96. The van der Waals surface area contributed by atoms with Gasteiger partial charge in [0.25, 0.3) is 0 Å². The van der Waals surface area contributed by atoms with Crippen LogP contribution in [0, 0.1) is 0 Å². The molecule has 2 aliphatic rings. The van der Waals surface area contributed by atoms with E-state index in [4.69, 9.17) is 15.6 Å². The molecule has 4 nitrogen and oxygen atoms in total. The lowest BCUT2D eigenvalue weighted by Gasteiger charge is -2.44. The Balaban J connectivity index is 1.94. The third-order valence-corrected chi connectivity index (χ3v) is 3.91. The molecule has 1 aliphatic heterocycles. The number of hydrogen-bond acceptors (Lipinski definition) is 4. The van der Waals surface area contributed by atoms with Crippen molar-refractivity contribution in [2.24, 2.45) is 5.73 Å². The highest BCUT2D eigenvalue weighted by Crippen LogP contribution is 2.26. The molecule has 1 saturated carbocycles. The van der Waals surface area contributed by atoms with Crippen molar-refractivity contribution in [3.63, 3.8) is 0 Å². The molecule has 2 rings (SSSR count). The summed E-state index contributed by atoms with van der Waals surface area (Å²) in [5, 5.41) is 9.17. The number of hydrogen-bond donors (Lipinski definition) is 2. The molecule has 4 atom stereocenters. The minimum Gasteiger partial charge on any atom is -0.394 e. The Morgan fingerprint density at radius 2 is 2.25 bits per heavy atom. The molecular weight excluding hydrogens is 204 g/mol. The van der Waals surface area contributed by atoms with Gasteiger partial charge in [-0.25, -0.2) is 0 Å². The minimum absolute atomic E-state index is 0.00523. The summed E-state index contributed by atoms with van der Waals surface area (Å²) >= 11 is 0. The zero-order valence-electron chi connectivity index (χ0n) is 10.1. The number of nitrogens with zero attached hydrogens (tertiary/aromatic N) is 1. The lowest BCUT2D eigenvalue weighted by atomic mass is 9.89. The molecule has 94 valence electrons. The van der Waals surface area contributed by atoms with Gasteiger partial charge in [-0.2, -0.15) is 0 Å². The predicted octanol–water partition coefficient (Wildman–Crippen LogP) is 0.338. The van der Waals surface area contributed by atoms with Crippen molar-refractivity contribution < 1.29 is 9.84 Å². The van der Waals surface area contributed by atoms with Crippen LogP contribution in [0.5, 0.6) is 0 Å². The maximum Gasteiger partial charge on any atom is 0.0933 e. The van der Waals surface area contributed by atoms with Crippen LogP contribution in [-0.4, -0.2) is 54.0 Å². The van der Waals surface area contributed by atoms with Crippen molar-refractivity contribution in [2.75, 3.05) is 19.8 Å². The van der Waals surface area contributed by atoms with Crippen LogP contribution in [-0.2, 0) is 4.74 Å². The van der Waals surface area contributed by atoms with Crippen LogP contribution in [0.15, 0.2) is 0 Å². The predicted molar refractivity (Wildman–Crippen MR) is 63.2 cm³/mol. The fourth-order valence-electron chi connectivity index (χ4n) is 2.96. The second kappa shape index (κ2) is 5.45. The Morgan fingerprint density at radius 1 is 1.44 bits per heavy atom. The number of rotatable bonds is 2. The van der Waals surface area contributed by atoms with Gasteiger partial charge in [-0.3, -0.25) is 4.90 Å². The monoisotopic (exact) mass is 228 g/mol. The third kappa shape index (κ3) is 2.74. The largest absolute Gasteiger partial charge is 0.394 e. The first-order valence-electron chi connectivity index (χ1n) is 6.44. The van der Waals surface area contributed by atoms with Crippen molar-refractivity contribution in [1.82, 2.24) is 4.90 Å². The summed E-state index contributed by atoms with van der Waals surface area (Å²) in [6.45, 7) is 3.92. The molecule has 0 aromatic rings. The van der Waals surface area contributed by atoms with Crippen LogP contribution < -0.4 is 5.73 Å². The Kier molecular flexibility index (Phi) is 4.19. The summed E-state index contributed by atoms with van der Waals surface area (Å²) in [4.78, 5) is 2.49. The van der Waals surface area contributed by atoms with Crippen LogP contribution in [0.2, 0.25) is 0 Å². The van der Waals surface area contributed by atoms with Gasteiger partial charge in [0, 0.05) is 24.7 Å². The Labute approximate surface area is 97.7 Å². The molecule has 4 unspecified atom stereocenters. The maximum atomic E-state index is 9.17. The smallest absolute Gasteiger partial charge is 0.0933 e. The number of aliphatic hydroxyl groups is 1. The molecule has 1 saturated heterocycles. The van der Waals surface area contributed by atoms with E-state index in [1.165, 1.54) is 19.3 Å². The van der Waals surface area contributed by atoms with E-state index in [0.29, 0.717) is 18.1 Å². The molecule has 0 bridgehead atoms. The third-order valence-electron chi connectivity index (χ3n) is 3.91. The van der Waals surface area contributed by atoms with Crippen molar-refractivity contribution in [2.45, 2.75) is 56.8 Å². The number of nitrogens with two attached hydrogens (primary N) is 1. The molecular formula is C12H24N2O2. The van der Waals surface area contributed by atoms with E-state index in [-0.39, 0.29) is 12.7 Å². The average molecular weight is 228 g/mol. The van der Waals surface area contributed by atoms with Gasteiger partial charge in [-0.05, 0) is 26.2 Å². The summed E-state index contributed by atoms with van der Waals surface area (Å²) in [7, 11) is 0. The quantitative estimate of drug-likeness (QED) is 0.715. The maximum absolute atomic E-state index is 9.17. The highest BCUT2D eigenvalue weighted by molar-refractivity contribution is 4.88. The van der Waals surface area contributed by atoms with E-state index in [1.54, 1.807) is 0 Å². The summed E-state index contributed by atoms with van der Waals surface area (Å²) in [6.07, 6.45) is 4.74. The van der Waals surface area contributed by atoms with Crippen molar-refractivity contribution in [3.05, 3.63) is 0 Å². The highest BCUT2D eigenvalue weighted by atomic mass is 16.5. The molecule has 0 aromatic carbocycles. The van der Waals surface area contributed by atoms with Crippen LogP contribution in [0.3, 0.4) is 0 Å². The summed E-state index contributed by atoms with van der Waals surface area (Å²) < 4.78 is 5.56. The zero-order valence-corrected chi connectivity index (χ0v) is 10.1. The van der Waals surface area contributed by atoms with E-state index in [0.717, 1.165) is 19.6 Å². The molecule has 1 aliphatic carbocycles. The SMILES string of the molecule is CC1COC(CO)CN1C1CCCC(N)C1. The van der Waals surface area contributed by atoms with E-state index >= 15 is 0 Å². The van der Waals surface area contributed by atoms with Crippen LogP contribution in [0.4, 0.5) is 0 Å². The lowest BCUT2D eigenvalue weighted by molar-refractivity contribution is -0.0955. The van der Waals surface area contributed by atoms with E-state index in [2.05, 4.69) is 11.8 Å². The van der Waals surface area contributed by atoms with Gasteiger partial charge < -0.3 is 15.6 Å². The first-order chi connectivity index (χ1) is 7.70. The van der Waals surface area contributed by atoms with Crippen LogP contribution in [0.1, 0.15) is 32.6 Å². The Morgan fingerprint density at radius 3 is 2.94 bits per heavy atom. The number of morpholine rings is 1. The molecule has 4 heteroatoms. The normalized spacial score (nSPS) is 42.2. The van der Waals surface area contributed by atoms with Gasteiger partial charge in [0.2, 0.25) is 0 Å². The fraction of sp³-hybridized carbons (Fsp3) is 1.00. The first kappa shape index (κ1) is 12.3. The average Bonchev–Trinajstić information content (AvgIpc) is 2.30. The van der Waals surface area contributed by atoms with Gasteiger partial charge in [0.15, 0.2) is 0 Å².